The number of hydrogen-bond acceptors (Lipinski definition) is 7. The predicted molar refractivity (Wildman–Crippen MR) is 106 cm³/mol. The predicted octanol–water partition coefficient (Wildman–Crippen LogP) is 4.11. The third-order valence-electron chi connectivity index (χ3n) is 3.73. The van der Waals surface area contributed by atoms with Crippen LogP contribution in [-0.4, -0.2) is 24.4 Å². The van der Waals surface area contributed by atoms with Crippen molar-refractivity contribution < 1.29 is 9.47 Å². The first-order chi connectivity index (χ1) is 11.7. The van der Waals surface area contributed by atoms with Gasteiger partial charge in [0.2, 0.25) is 5.13 Å². The molecule has 1 aromatic heterocycles. The van der Waals surface area contributed by atoms with Gasteiger partial charge < -0.3 is 15.2 Å². The first kappa shape index (κ1) is 17.3. The number of hydrazone groups is 1. The monoisotopic (exact) mass is 458 g/mol. The van der Waals surface area contributed by atoms with E-state index in [0.717, 1.165) is 33.5 Å². The van der Waals surface area contributed by atoms with Crippen molar-refractivity contribution in [2.24, 2.45) is 5.10 Å². The maximum atomic E-state index is 6.14. The molecule has 0 bridgehead atoms. The van der Waals surface area contributed by atoms with Crippen molar-refractivity contribution >= 4 is 51.1 Å². The fourth-order valence-electron chi connectivity index (χ4n) is 2.60. The number of hydrogen-bond donors (Lipinski definition) is 2. The number of anilines is 2. The molecule has 1 aliphatic rings. The summed E-state index contributed by atoms with van der Waals surface area (Å²) in [6.45, 7) is 0. The second-order valence-corrected chi connectivity index (χ2v) is 7.53. The first-order valence-corrected chi connectivity index (χ1v) is 9.66. The van der Waals surface area contributed by atoms with E-state index in [9.17, 15) is 0 Å². The number of ether oxygens (including phenoxy) is 2. The summed E-state index contributed by atoms with van der Waals surface area (Å²) in [5.41, 5.74) is 9.37. The van der Waals surface area contributed by atoms with E-state index in [0.29, 0.717) is 17.1 Å². The zero-order valence-electron chi connectivity index (χ0n) is 13.3. The van der Waals surface area contributed by atoms with Crippen LogP contribution in [0.2, 0.25) is 0 Å². The third-order valence-corrected chi connectivity index (χ3v) is 5.30. The number of nitrogens with zero attached hydrogens (tertiary/aromatic N) is 2. The Balaban J connectivity index is 1.73. The van der Waals surface area contributed by atoms with Crippen molar-refractivity contribution in [2.45, 2.75) is 31.8 Å². The quantitative estimate of drug-likeness (QED) is 0.387. The number of rotatable bonds is 6. The minimum Gasteiger partial charge on any atom is -0.493 e. The Morgan fingerprint density at radius 2 is 2.21 bits per heavy atom. The average Bonchev–Trinajstić information content (AvgIpc) is 3.21. The zero-order chi connectivity index (χ0) is 16.9. The molecule has 1 aliphatic carbocycles. The Morgan fingerprint density at radius 1 is 1.42 bits per heavy atom. The summed E-state index contributed by atoms with van der Waals surface area (Å²) in [6, 6.07) is 3.95. The normalized spacial score (nSPS) is 15.1. The number of nitrogens with two attached hydrogens (primary N) is 1. The van der Waals surface area contributed by atoms with Crippen molar-refractivity contribution in [3.05, 3.63) is 26.6 Å². The van der Waals surface area contributed by atoms with E-state index in [4.69, 9.17) is 15.2 Å². The summed E-state index contributed by atoms with van der Waals surface area (Å²) in [7, 11) is 1.66. The zero-order valence-corrected chi connectivity index (χ0v) is 16.3. The van der Waals surface area contributed by atoms with Gasteiger partial charge in [-0.25, -0.2) is 4.98 Å². The van der Waals surface area contributed by atoms with Gasteiger partial charge in [-0.2, -0.15) is 5.10 Å². The number of methoxy groups -OCH3 is 1. The number of benzene rings is 1. The number of nitrogen functional groups attached to an aromatic ring is 1. The molecule has 1 saturated carbocycles. The van der Waals surface area contributed by atoms with Crippen LogP contribution in [0.1, 0.15) is 31.2 Å². The molecule has 1 fully saturated rings. The van der Waals surface area contributed by atoms with E-state index in [1.165, 1.54) is 24.2 Å². The summed E-state index contributed by atoms with van der Waals surface area (Å²) in [5.74, 6) is 2.04. The molecule has 128 valence electrons. The van der Waals surface area contributed by atoms with E-state index in [2.05, 4.69) is 38.1 Å². The van der Waals surface area contributed by atoms with Crippen LogP contribution in [0, 0.1) is 3.57 Å². The summed E-state index contributed by atoms with van der Waals surface area (Å²) in [4.78, 5) is 4.09. The molecule has 6 nitrogen and oxygen atoms in total. The molecule has 2 aromatic rings. The lowest BCUT2D eigenvalue weighted by molar-refractivity contribution is 0.199. The average molecular weight is 458 g/mol. The van der Waals surface area contributed by atoms with Crippen molar-refractivity contribution in [1.82, 2.24) is 4.98 Å². The van der Waals surface area contributed by atoms with Crippen molar-refractivity contribution in [1.29, 1.82) is 0 Å². The summed E-state index contributed by atoms with van der Waals surface area (Å²) in [6.07, 6.45) is 6.72. The third kappa shape index (κ3) is 4.29. The van der Waals surface area contributed by atoms with Crippen LogP contribution in [0.4, 0.5) is 10.9 Å². The van der Waals surface area contributed by atoms with Gasteiger partial charge in [0.15, 0.2) is 11.5 Å². The lowest BCUT2D eigenvalue weighted by Gasteiger charge is -2.17. The second kappa shape index (κ2) is 8.02. The molecule has 0 unspecified atom stereocenters. The molecular weight excluding hydrogens is 439 g/mol. The highest BCUT2D eigenvalue weighted by Crippen LogP contribution is 2.36. The Kier molecular flexibility index (Phi) is 5.77. The molecule has 8 heteroatoms. The van der Waals surface area contributed by atoms with Crippen LogP contribution in [0.5, 0.6) is 11.5 Å². The van der Waals surface area contributed by atoms with E-state index < -0.39 is 0 Å². The lowest BCUT2D eigenvalue weighted by atomic mass is 10.2. The van der Waals surface area contributed by atoms with Gasteiger partial charge >= 0.3 is 0 Å². The molecule has 0 radical (unpaired) electrons. The molecule has 0 atom stereocenters. The largest absolute Gasteiger partial charge is 0.493 e. The fraction of sp³-hybridized carbons (Fsp3) is 0.375. The van der Waals surface area contributed by atoms with Crippen LogP contribution >= 0.6 is 33.9 Å². The Bertz CT molecular complexity index is 729. The second-order valence-electron chi connectivity index (χ2n) is 5.51. The maximum Gasteiger partial charge on any atom is 0.205 e. The standard InChI is InChI=1S/C16H19IN4O2S/c1-22-13-7-10(8-19-21-16-20-14(18)9-24-16)6-12(17)15(13)23-11-4-2-3-5-11/h6-9,11H,2-5,18H2,1H3,(H,20,21). The van der Waals surface area contributed by atoms with Crippen LogP contribution in [0.25, 0.3) is 0 Å². The first-order valence-electron chi connectivity index (χ1n) is 7.70. The van der Waals surface area contributed by atoms with Gasteiger partial charge in [0.1, 0.15) is 5.82 Å². The van der Waals surface area contributed by atoms with Gasteiger partial charge in [0.05, 0.1) is 23.0 Å². The van der Waals surface area contributed by atoms with Gasteiger partial charge in [-0.05, 0) is 66.0 Å². The number of halogens is 1. The molecule has 0 saturated heterocycles. The van der Waals surface area contributed by atoms with Gasteiger partial charge in [-0.15, -0.1) is 11.3 Å². The van der Waals surface area contributed by atoms with E-state index in [1.54, 1.807) is 18.7 Å². The van der Waals surface area contributed by atoms with E-state index in [1.807, 2.05) is 12.1 Å². The molecule has 3 N–H and O–H groups in total. The van der Waals surface area contributed by atoms with Gasteiger partial charge in [0, 0.05) is 5.38 Å². The molecule has 1 aromatic carbocycles. The summed E-state index contributed by atoms with van der Waals surface area (Å²) < 4.78 is 12.7. The molecular formula is C16H19IN4O2S. The highest BCUT2D eigenvalue weighted by atomic mass is 127. The van der Waals surface area contributed by atoms with Gasteiger partial charge in [-0.3, -0.25) is 5.43 Å². The minimum atomic E-state index is 0.295. The van der Waals surface area contributed by atoms with Crippen LogP contribution in [-0.2, 0) is 0 Å². The topological polar surface area (TPSA) is 81.8 Å². The Morgan fingerprint density at radius 3 is 2.88 bits per heavy atom. The molecule has 0 amide bonds. The highest BCUT2D eigenvalue weighted by Gasteiger charge is 2.20. The molecule has 1 heterocycles. The van der Waals surface area contributed by atoms with Crippen LogP contribution < -0.4 is 20.6 Å². The fourth-order valence-corrected chi connectivity index (χ4v) is 3.90. The van der Waals surface area contributed by atoms with Crippen molar-refractivity contribution in [2.75, 3.05) is 18.3 Å². The smallest absolute Gasteiger partial charge is 0.205 e. The van der Waals surface area contributed by atoms with Crippen molar-refractivity contribution in [3.8, 4) is 11.5 Å². The summed E-state index contributed by atoms with van der Waals surface area (Å²) >= 11 is 3.68. The van der Waals surface area contributed by atoms with Gasteiger partial charge in [-0.1, -0.05) is 0 Å². The molecule has 24 heavy (non-hydrogen) atoms. The van der Waals surface area contributed by atoms with Crippen LogP contribution in [0.3, 0.4) is 0 Å². The Labute approximate surface area is 158 Å². The number of thiazole rings is 1. The summed E-state index contributed by atoms with van der Waals surface area (Å²) in [5, 5.41) is 6.61. The Hall–Kier alpha value is -1.55. The van der Waals surface area contributed by atoms with E-state index in [-0.39, 0.29) is 0 Å². The number of aromatic nitrogens is 1. The highest BCUT2D eigenvalue weighted by molar-refractivity contribution is 14.1. The number of nitrogens with one attached hydrogen (secondary N) is 1. The maximum absolute atomic E-state index is 6.14. The van der Waals surface area contributed by atoms with Crippen molar-refractivity contribution in [3.63, 3.8) is 0 Å². The molecule has 0 aliphatic heterocycles. The van der Waals surface area contributed by atoms with E-state index >= 15 is 0 Å². The SMILES string of the molecule is COc1cc(C=NNc2nc(N)cs2)cc(I)c1OC1CCCC1. The minimum absolute atomic E-state index is 0.295. The lowest BCUT2D eigenvalue weighted by Crippen LogP contribution is -2.12. The van der Waals surface area contributed by atoms with Crippen LogP contribution in [0.15, 0.2) is 22.6 Å². The molecule has 3 rings (SSSR count). The molecule has 0 spiro atoms. The van der Waals surface area contributed by atoms with Gasteiger partial charge in [0.25, 0.3) is 0 Å².